The Morgan fingerprint density at radius 2 is 1.07 bits per heavy atom. The van der Waals surface area contributed by atoms with Crippen molar-refractivity contribution in [1.29, 1.82) is 0 Å². The molecular weight excluding hydrogens is 850 g/mol. The standard InChI is InChI=1S/C65H60BN3O/c1-62(2,3)39-26-30-42(31-27-39)67(43-32-28-40(29-33-43)63(4,5)6)44-34-35-50-53(38-44)68(52-24-17-20-46-45-18-13-15-25-56(45)70-60(46)52)54-36-41(64(7,8)9)37-55-58(54)66(50)51-23-16-21-48-57-47-19-12-14-22-49(47)65(10,11)61(57)69(55)59(48)51/h12-38H,1-11H3. The SMILES string of the molecule is CC(C)(C)c1ccc(N(c2ccc(C(C)(C)C)cc2)c2ccc3c(c2)N(c2cccc4c2oc2ccccc24)c2cc(C(C)(C)C)cc4c2B3c2cccc3c5c(n-4c23)C(C)(C)c2ccccc2-5)cc1. The van der Waals surface area contributed by atoms with E-state index in [1.165, 1.54) is 77.7 Å². The molecule has 0 saturated carbocycles. The molecule has 10 aromatic rings. The monoisotopic (exact) mass is 909 g/mol. The lowest BCUT2D eigenvalue weighted by molar-refractivity contribution is 0.589. The minimum atomic E-state index is -0.222. The first-order chi connectivity index (χ1) is 33.4. The van der Waals surface area contributed by atoms with E-state index in [0.717, 1.165) is 50.4 Å². The van der Waals surface area contributed by atoms with Gasteiger partial charge in [0.2, 0.25) is 0 Å². The van der Waals surface area contributed by atoms with Crippen molar-refractivity contribution < 1.29 is 4.42 Å². The zero-order chi connectivity index (χ0) is 48.4. The number of nitrogens with zero attached hydrogens (tertiary/aromatic N) is 3. The Morgan fingerprint density at radius 3 is 1.76 bits per heavy atom. The second-order valence-corrected chi connectivity index (χ2v) is 23.8. The molecule has 0 radical (unpaired) electrons. The highest BCUT2D eigenvalue weighted by Crippen LogP contribution is 2.55. The maximum atomic E-state index is 7.01. The molecule has 2 aromatic heterocycles. The topological polar surface area (TPSA) is 24.6 Å². The lowest BCUT2D eigenvalue weighted by Gasteiger charge is -2.42. The van der Waals surface area contributed by atoms with Gasteiger partial charge in [0.1, 0.15) is 5.58 Å². The summed E-state index contributed by atoms with van der Waals surface area (Å²) >= 11 is 0. The second-order valence-electron chi connectivity index (χ2n) is 23.8. The number of hydrogen-bond donors (Lipinski definition) is 0. The van der Waals surface area contributed by atoms with Crippen LogP contribution in [0.2, 0.25) is 0 Å². The van der Waals surface area contributed by atoms with E-state index in [9.17, 15) is 0 Å². The molecule has 5 heteroatoms. The number of hydrogen-bond acceptors (Lipinski definition) is 3. The summed E-state index contributed by atoms with van der Waals surface area (Å²) in [6.45, 7) is 25.6. The van der Waals surface area contributed by atoms with Crippen LogP contribution < -0.4 is 26.2 Å². The van der Waals surface area contributed by atoms with E-state index in [4.69, 9.17) is 4.42 Å². The van der Waals surface area contributed by atoms with Crippen LogP contribution in [0.3, 0.4) is 0 Å². The number of benzene rings is 8. The summed E-state index contributed by atoms with van der Waals surface area (Å²) in [6.07, 6.45) is 0. The summed E-state index contributed by atoms with van der Waals surface area (Å²) in [5.74, 6) is 0. The molecule has 13 rings (SSSR count). The molecule has 0 atom stereocenters. The summed E-state index contributed by atoms with van der Waals surface area (Å²) < 4.78 is 9.70. The Morgan fingerprint density at radius 1 is 0.486 bits per heavy atom. The van der Waals surface area contributed by atoms with Crippen LogP contribution in [-0.4, -0.2) is 11.3 Å². The van der Waals surface area contributed by atoms with Crippen molar-refractivity contribution in [2.45, 2.75) is 97.8 Å². The second kappa shape index (κ2) is 14.4. The van der Waals surface area contributed by atoms with Gasteiger partial charge in [-0.25, -0.2) is 0 Å². The van der Waals surface area contributed by atoms with Crippen molar-refractivity contribution in [3.05, 3.63) is 192 Å². The van der Waals surface area contributed by atoms with E-state index in [1.54, 1.807) is 0 Å². The molecule has 0 amide bonds. The quantitative estimate of drug-likeness (QED) is 0.165. The Kier molecular flexibility index (Phi) is 8.82. The third kappa shape index (κ3) is 6.03. The third-order valence-electron chi connectivity index (χ3n) is 16.0. The average Bonchev–Trinajstić information content (AvgIpc) is 3.97. The Hall–Kier alpha value is -7.24. The molecule has 0 unspecified atom stereocenters. The van der Waals surface area contributed by atoms with Crippen LogP contribution in [-0.2, 0) is 21.7 Å². The van der Waals surface area contributed by atoms with Crippen molar-refractivity contribution in [1.82, 2.24) is 4.57 Å². The van der Waals surface area contributed by atoms with Crippen molar-refractivity contribution in [3.8, 4) is 16.8 Å². The van der Waals surface area contributed by atoms with E-state index >= 15 is 0 Å². The molecule has 1 aliphatic carbocycles. The zero-order valence-electron chi connectivity index (χ0n) is 42.4. The third-order valence-corrected chi connectivity index (χ3v) is 16.0. The molecule has 0 saturated heterocycles. The zero-order valence-corrected chi connectivity index (χ0v) is 42.4. The van der Waals surface area contributed by atoms with Crippen molar-refractivity contribution in [2.24, 2.45) is 0 Å². The first kappa shape index (κ1) is 42.8. The average molecular weight is 910 g/mol. The summed E-state index contributed by atoms with van der Waals surface area (Å²) in [6, 6.07) is 62.1. The number of rotatable bonds is 4. The van der Waals surface area contributed by atoms with Crippen LogP contribution >= 0.6 is 0 Å². The van der Waals surface area contributed by atoms with Gasteiger partial charge in [0, 0.05) is 72.5 Å². The van der Waals surface area contributed by atoms with E-state index in [-0.39, 0.29) is 28.4 Å². The first-order valence-electron chi connectivity index (χ1n) is 25.2. The van der Waals surface area contributed by atoms with Crippen LogP contribution in [0.25, 0.3) is 49.7 Å². The van der Waals surface area contributed by atoms with Crippen molar-refractivity contribution >= 4 is 90.1 Å². The smallest absolute Gasteiger partial charge is 0.252 e. The van der Waals surface area contributed by atoms with Crippen LogP contribution in [0.15, 0.2) is 168 Å². The maximum Gasteiger partial charge on any atom is 0.252 e. The molecule has 4 heterocycles. The van der Waals surface area contributed by atoms with E-state index in [1.807, 2.05) is 0 Å². The molecular formula is C65H60BN3O. The van der Waals surface area contributed by atoms with Gasteiger partial charge >= 0.3 is 0 Å². The largest absolute Gasteiger partial charge is 0.454 e. The number of furan rings is 1. The summed E-state index contributed by atoms with van der Waals surface area (Å²) in [5.41, 5.74) is 24.1. The molecule has 0 spiro atoms. The van der Waals surface area contributed by atoms with Crippen LogP contribution in [0.4, 0.5) is 34.1 Å². The van der Waals surface area contributed by atoms with Gasteiger partial charge in [-0.05, 0) is 121 Å². The summed E-state index contributed by atoms with van der Waals surface area (Å²) in [4.78, 5) is 5.01. The number of aromatic nitrogens is 1. The maximum absolute atomic E-state index is 7.01. The lowest BCUT2D eigenvalue weighted by atomic mass is 9.33. The van der Waals surface area contributed by atoms with Gasteiger partial charge in [0.25, 0.3) is 6.71 Å². The van der Waals surface area contributed by atoms with Crippen LogP contribution in [0, 0.1) is 0 Å². The van der Waals surface area contributed by atoms with E-state index in [0.29, 0.717) is 0 Å². The van der Waals surface area contributed by atoms with Gasteiger partial charge in [-0.15, -0.1) is 0 Å². The summed E-state index contributed by atoms with van der Waals surface area (Å²) in [7, 11) is 0. The predicted octanol–water partition coefficient (Wildman–Crippen LogP) is 15.8. The molecule has 0 bridgehead atoms. The lowest BCUT2D eigenvalue weighted by Crippen LogP contribution is -2.60. The fraction of sp³-hybridized carbons (Fsp3) is 0.231. The normalized spacial score (nSPS) is 14.6. The molecule has 0 fully saturated rings. The molecule has 2 aliphatic heterocycles. The minimum absolute atomic E-state index is 0.0237. The van der Waals surface area contributed by atoms with Gasteiger partial charge < -0.3 is 18.8 Å². The van der Waals surface area contributed by atoms with Gasteiger partial charge in [-0.1, -0.05) is 179 Å². The number of anilines is 6. The Balaban J connectivity index is 1.14. The van der Waals surface area contributed by atoms with E-state index in [2.05, 4.69) is 254 Å². The van der Waals surface area contributed by atoms with Gasteiger partial charge in [0.15, 0.2) is 5.58 Å². The highest BCUT2D eigenvalue weighted by Gasteiger charge is 2.48. The highest BCUT2D eigenvalue weighted by molar-refractivity contribution is 7.00. The molecule has 70 heavy (non-hydrogen) atoms. The van der Waals surface area contributed by atoms with Crippen molar-refractivity contribution in [2.75, 3.05) is 9.80 Å². The summed E-state index contributed by atoms with van der Waals surface area (Å²) in [5, 5.41) is 3.57. The molecule has 4 nitrogen and oxygen atoms in total. The molecule has 344 valence electrons. The van der Waals surface area contributed by atoms with Gasteiger partial charge in [-0.2, -0.15) is 0 Å². The Bertz CT molecular complexity index is 3750. The number of para-hydroxylation sites is 3. The number of fused-ring (bicyclic) bond motifs is 12. The van der Waals surface area contributed by atoms with Gasteiger partial charge in [0.05, 0.1) is 5.69 Å². The Labute approximate surface area is 413 Å². The van der Waals surface area contributed by atoms with Crippen LogP contribution in [0.1, 0.15) is 104 Å². The first-order valence-corrected chi connectivity index (χ1v) is 25.2. The van der Waals surface area contributed by atoms with Crippen molar-refractivity contribution in [3.63, 3.8) is 0 Å². The van der Waals surface area contributed by atoms with Gasteiger partial charge in [-0.3, -0.25) is 0 Å². The predicted molar refractivity (Wildman–Crippen MR) is 298 cm³/mol. The molecule has 3 aliphatic rings. The fourth-order valence-corrected chi connectivity index (χ4v) is 12.4. The minimum Gasteiger partial charge on any atom is -0.454 e. The highest BCUT2D eigenvalue weighted by atomic mass is 16.3. The van der Waals surface area contributed by atoms with Crippen LogP contribution in [0.5, 0.6) is 0 Å². The molecule has 0 N–H and O–H groups in total. The molecule has 8 aromatic carbocycles. The fourth-order valence-electron chi connectivity index (χ4n) is 12.4. The van der Waals surface area contributed by atoms with E-state index < -0.39 is 0 Å².